The summed E-state index contributed by atoms with van der Waals surface area (Å²) in [4.78, 5) is 8.84. The second-order valence-electron chi connectivity index (χ2n) is 4.65. The van der Waals surface area contributed by atoms with Crippen LogP contribution in [-0.2, 0) is 4.74 Å². The molecule has 0 bridgehead atoms. The van der Waals surface area contributed by atoms with E-state index < -0.39 is 0 Å². The Bertz CT molecular complexity index is 471. The minimum absolute atomic E-state index is 0.939. The standard InChI is InChI=1S/C12H12N2.C4H8O/c1-9-5-3-7-11(13-9)12-8-4-6-10(2)14-12;1-2-4-5-3-1/h3-8H,1-2H3;1-4H2. The molecule has 2 aromatic rings. The highest BCUT2D eigenvalue weighted by atomic mass is 16.5. The predicted octanol–water partition coefficient (Wildman–Crippen LogP) is 3.56. The maximum Gasteiger partial charge on any atom is 0.0889 e. The molecule has 3 nitrogen and oxygen atoms in total. The molecule has 0 atom stereocenters. The van der Waals surface area contributed by atoms with Crippen molar-refractivity contribution in [3.8, 4) is 11.4 Å². The maximum atomic E-state index is 4.94. The molecule has 1 saturated heterocycles. The Kier molecular flexibility index (Phi) is 5.04. The molecule has 3 heteroatoms. The summed E-state index contributed by atoms with van der Waals surface area (Å²) in [5, 5.41) is 0. The van der Waals surface area contributed by atoms with Crippen LogP contribution in [0.1, 0.15) is 24.2 Å². The van der Waals surface area contributed by atoms with Crippen LogP contribution in [0.5, 0.6) is 0 Å². The van der Waals surface area contributed by atoms with E-state index in [1.807, 2.05) is 50.2 Å². The van der Waals surface area contributed by atoms with Crippen molar-refractivity contribution in [3.05, 3.63) is 47.8 Å². The lowest BCUT2D eigenvalue weighted by Gasteiger charge is -2.01. The van der Waals surface area contributed by atoms with Gasteiger partial charge in [-0.15, -0.1) is 0 Å². The van der Waals surface area contributed by atoms with Crippen LogP contribution in [0.4, 0.5) is 0 Å². The molecule has 0 saturated carbocycles. The van der Waals surface area contributed by atoms with E-state index in [0.29, 0.717) is 0 Å². The molecule has 0 aliphatic carbocycles. The maximum absolute atomic E-state index is 4.94. The largest absolute Gasteiger partial charge is 0.381 e. The van der Waals surface area contributed by atoms with Gasteiger partial charge in [-0.25, -0.2) is 0 Å². The Balaban J connectivity index is 0.000000224. The Morgan fingerprint density at radius 3 is 1.58 bits per heavy atom. The molecule has 0 N–H and O–H groups in total. The van der Waals surface area contributed by atoms with Crippen molar-refractivity contribution in [2.75, 3.05) is 13.2 Å². The lowest BCUT2D eigenvalue weighted by molar-refractivity contribution is 0.198. The van der Waals surface area contributed by atoms with E-state index in [9.17, 15) is 0 Å². The van der Waals surface area contributed by atoms with Crippen molar-refractivity contribution < 1.29 is 4.74 Å². The van der Waals surface area contributed by atoms with Gasteiger partial charge in [-0.05, 0) is 51.0 Å². The number of ether oxygens (including phenoxy) is 1. The van der Waals surface area contributed by atoms with E-state index in [1.165, 1.54) is 12.8 Å². The molecule has 19 heavy (non-hydrogen) atoms. The predicted molar refractivity (Wildman–Crippen MR) is 77.0 cm³/mol. The zero-order valence-corrected chi connectivity index (χ0v) is 11.6. The van der Waals surface area contributed by atoms with E-state index in [2.05, 4.69) is 9.97 Å². The van der Waals surface area contributed by atoms with Gasteiger partial charge in [0.15, 0.2) is 0 Å². The number of hydrogen-bond acceptors (Lipinski definition) is 3. The lowest BCUT2D eigenvalue weighted by atomic mass is 10.2. The Morgan fingerprint density at radius 2 is 1.26 bits per heavy atom. The van der Waals surface area contributed by atoms with Crippen molar-refractivity contribution in [2.24, 2.45) is 0 Å². The van der Waals surface area contributed by atoms with Crippen molar-refractivity contribution in [1.82, 2.24) is 9.97 Å². The molecule has 0 unspecified atom stereocenters. The third-order valence-corrected chi connectivity index (χ3v) is 2.87. The molecule has 3 rings (SSSR count). The summed E-state index contributed by atoms with van der Waals surface area (Å²) in [6, 6.07) is 11.9. The molecular weight excluding hydrogens is 236 g/mol. The Hall–Kier alpha value is -1.74. The Labute approximate surface area is 114 Å². The van der Waals surface area contributed by atoms with Crippen LogP contribution < -0.4 is 0 Å². The van der Waals surface area contributed by atoms with E-state index >= 15 is 0 Å². The van der Waals surface area contributed by atoms with Crippen LogP contribution in [0.3, 0.4) is 0 Å². The van der Waals surface area contributed by atoms with Gasteiger partial charge in [0.25, 0.3) is 0 Å². The minimum Gasteiger partial charge on any atom is -0.381 e. The summed E-state index contributed by atoms with van der Waals surface area (Å²) in [6.07, 6.45) is 2.56. The van der Waals surface area contributed by atoms with Gasteiger partial charge >= 0.3 is 0 Å². The van der Waals surface area contributed by atoms with Crippen molar-refractivity contribution in [3.63, 3.8) is 0 Å². The molecule has 1 aliphatic heterocycles. The van der Waals surface area contributed by atoms with Crippen LogP contribution in [0.2, 0.25) is 0 Å². The SMILES string of the molecule is C1CCOC1.Cc1cccc(-c2cccc(C)n2)n1. The van der Waals surface area contributed by atoms with Crippen LogP contribution >= 0.6 is 0 Å². The number of aryl methyl sites for hydroxylation is 2. The molecule has 0 spiro atoms. The second kappa shape index (κ2) is 7.00. The third kappa shape index (κ3) is 4.45. The molecule has 3 heterocycles. The highest BCUT2D eigenvalue weighted by Crippen LogP contribution is 2.14. The zero-order chi connectivity index (χ0) is 13.5. The summed E-state index contributed by atoms with van der Waals surface area (Å²) < 4.78 is 4.94. The van der Waals surface area contributed by atoms with Gasteiger partial charge in [0.1, 0.15) is 0 Å². The molecular formula is C16H20N2O. The van der Waals surface area contributed by atoms with Gasteiger partial charge in [-0.1, -0.05) is 12.1 Å². The average Bonchev–Trinajstić information content (AvgIpc) is 2.98. The van der Waals surface area contributed by atoms with Gasteiger partial charge in [-0.2, -0.15) is 0 Å². The first-order valence-corrected chi connectivity index (χ1v) is 6.71. The second-order valence-corrected chi connectivity index (χ2v) is 4.65. The summed E-state index contributed by atoms with van der Waals surface area (Å²) in [5.41, 5.74) is 3.92. The number of pyridine rings is 2. The molecule has 1 aliphatic rings. The highest BCUT2D eigenvalue weighted by molar-refractivity contribution is 5.54. The van der Waals surface area contributed by atoms with Crippen LogP contribution in [0.15, 0.2) is 36.4 Å². The van der Waals surface area contributed by atoms with Crippen LogP contribution in [-0.4, -0.2) is 23.2 Å². The molecule has 0 aromatic carbocycles. The summed E-state index contributed by atoms with van der Waals surface area (Å²) >= 11 is 0. The minimum atomic E-state index is 0.939. The highest BCUT2D eigenvalue weighted by Gasteiger charge is 2.00. The fraction of sp³-hybridized carbons (Fsp3) is 0.375. The third-order valence-electron chi connectivity index (χ3n) is 2.87. The number of hydrogen-bond donors (Lipinski definition) is 0. The van der Waals surface area contributed by atoms with Crippen molar-refractivity contribution in [2.45, 2.75) is 26.7 Å². The van der Waals surface area contributed by atoms with Gasteiger partial charge < -0.3 is 4.74 Å². The summed E-state index contributed by atoms with van der Waals surface area (Å²) in [6.45, 7) is 5.97. The molecule has 2 aromatic heterocycles. The van der Waals surface area contributed by atoms with Crippen molar-refractivity contribution >= 4 is 0 Å². The quantitative estimate of drug-likeness (QED) is 0.782. The zero-order valence-electron chi connectivity index (χ0n) is 11.6. The topological polar surface area (TPSA) is 35.0 Å². The van der Waals surface area contributed by atoms with Gasteiger partial charge in [0.2, 0.25) is 0 Å². The van der Waals surface area contributed by atoms with E-state index in [0.717, 1.165) is 36.0 Å². The van der Waals surface area contributed by atoms with Gasteiger partial charge in [0, 0.05) is 24.6 Å². The van der Waals surface area contributed by atoms with Crippen molar-refractivity contribution in [1.29, 1.82) is 0 Å². The van der Waals surface area contributed by atoms with E-state index in [1.54, 1.807) is 0 Å². The lowest BCUT2D eigenvalue weighted by Crippen LogP contribution is -1.90. The van der Waals surface area contributed by atoms with E-state index in [4.69, 9.17) is 4.74 Å². The smallest absolute Gasteiger partial charge is 0.0889 e. The molecule has 0 amide bonds. The molecule has 1 fully saturated rings. The number of rotatable bonds is 1. The first kappa shape index (κ1) is 13.7. The average molecular weight is 256 g/mol. The first-order valence-electron chi connectivity index (χ1n) is 6.71. The fourth-order valence-corrected chi connectivity index (χ4v) is 1.88. The molecule has 0 radical (unpaired) electrons. The van der Waals surface area contributed by atoms with Crippen LogP contribution in [0.25, 0.3) is 11.4 Å². The first-order chi connectivity index (χ1) is 9.25. The number of aromatic nitrogens is 2. The fourth-order valence-electron chi connectivity index (χ4n) is 1.88. The number of nitrogens with zero attached hydrogens (tertiary/aromatic N) is 2. The Morgan fingerprint density at radius 1 is 0.789 bits per heavy atom. The van der Waals surface area contributed by atoms with Gasteiger partial charge in [-0.3, -0.25) is 9.97 Å². The summed E-state index contributed by atoms with van der Waals surface area (Å²) in [7, 11) is 0. The summed E-state index contributed by atoms with van der Waals surface area (Å²) in [5.74, 6) is 0. The monoisotopic (exact) mass is 256 g/mol. The van der Waals surface area contributed by atoms with Gasteiger partial charge in [0.05, 0.1) is 11.4 Å². The van der Waals surface area contributed by atoms with Crippen LogP contribution in [0, 0.1) is 13.8 Å². The normalized spacial score (nSPS) is 13.8. The molecule has 100 valence electrons. The van der Waals surface area contributed by atoms with E-state index in [-0.39, 0.29) is 0 Å².